The normalized spacial score (nSPS) is 11.1. The lowest BCUT2D eigenvalue weighted by atomic mass is 10.0. The molecular formula is C14H18N2O. The van der Waals surface area contributed by atoms with E-state index in [-0.39, 0.29) is 0 Å². The second kappa shape index (κ2) is 5.15. The average molecular weight is 230 g/mol. The Balaban J connectivity index is 2.38. The van der Waals surface area contributed by atoms with Gasteiger partial charge >= 0.3 is 0 Å². The molecule has 3 nitrogen and oxygen atoms in total. The largest absolute Gasteiger partial charge is 0.444 e. The summed E-state index contributed by atoms with van der Waals surface area (Å²) in [5, 5.41) is 0. The Hall–Kier alpha value is -1.61. The molecule has 0 saturated heterocycles. The minimum absolute atomic E-state index is 0.383. The van der Waals surface area contributed by atoms with Gasteiger partial charge in [-0.25, -0.2) is 4.98 Å². The van der Waals surface area contributed by atoms with Crippen molar-refractivity contribution >= 4 is 0 Å². The van der Waals surface area contributed by atoms with Gasteiger partial charge in [0, 0.05) is 5.56 Å². The molecule has 90 valence electrons. The van der Waals surface area contributed by atoms with Crippen molar-refractivity contribution in [3.8, 4) is 11.5 Å². The quantitative estimate of drug-likeness (QED) is 0.878. The van der Waals surface area contributed by atoms with E-state index in [9.17, 15) is 0 Å². The molecular weight excluding hydrogens is 212 g/mol. The molecule has 0 fully saturated rings. The molecule has 0 amide bonds. The van der Waals surface area contributed by atoms with Crippen LogP contribution in [0.1, 0.15) is 31.0 Å². The van der Waals surface area contributed by atoms with Gasteiger partial charge in [0.05, 0.1) is 5.69 Å². The van der Waals surface area contributed by atoms with Gasteiger partial charge in [-0.05, 0) is 30.5 Å². The number of aromatic nitrogens is 1. The molecule has 0 spiro atoms. The van der Waals surface area contributed by atoms with Crippen LogP contribution < -0.4 is 5.73 Å². The third kappa shape index (κ3) is 2.56. The third-order valence-electron chi connectivity index (χ3n) is 2.77. The minimum atomic E-state index is 0.383. The molecule has 0 aliphatic heterocycles. The van der Waals surface area contributed by atoms with Crippen molar-refractivity contribution in [2.24, 2.45) is 5.73 Å². The van der Waals surface area contributed by atoms with Crippen LogP contribution in [0.5, 0.6) is 0 Å². The minimum Gasteiger partial charge on any atom is -0.444 e. The van der Waals surface area contributed by atoms with Crippen LogP contribution >= 0.6 is 0 Å². The summed E-state index contributed by atoms with van der Waals surface area (Å²) < 4.78 is 5.55. The summed E-state index contributed by atoms with van der Waals surface area (Å²) in [7, 11) is 0. The lowest BCUT2D eigenvalue weighted by molar-refractivity contribution is 0.570. The van der Waals surface area contributed by atoms with E-state index in [0.717, 1.165) is 17.7 Å². The fourth-order valence-corrected chi connectivity index (χ4v) is 1.78. The lowest BCUT2D eigenvalue weighted by Crippen LogP contribution is -2.03. The Morgan fingerprint density at radius 1 is 1.29 bits per heavy atom. The van der Waals surface area contributed by atoms with E-state index in [1.807, 2.05) is 18.2 Å². The van der Waals surface area contributed by atoms with Gasteiger partial charge in [-0.3, -0.25) is 0 Å². The molecule has 0 bridgehead atoms. The molecule has 0 aliphatic rings. The molecule has 2 aromatic rings. The molecule has 1 heterocycles. The monoisotopic (exact) mass is 230 g/mol. The predicted molar refractivity (Wildman–Crippen MR) is 68.8 cm³/mol. The van der Waals surface area contributed by atoms with Crippen LogP contribution in [0.3, 0.4) is 0 Å². The Morgan fingerprint density at radius 2 is 2.06 bits per heavy atom. The number of hydrogen-bond acceptors (Lipinski definition) is 3. The summed E-state index contributed by atoms with van der Waals surface area (Å²) in [4.78, 5) is 4.52. The molecule has 1 aromatic heterocycles. The number of rotatable bonds is 4. The summed E-state index contributed by atoms with van der Waals surface area (Å²) in [5.41, 5.74) is 8.83. The van der Waals surface area contributed by atoms with E-state index < -0.39 is 0 Å². The van der Waals surface area contributed by atoms with Gasteiger partial charge in [0.25, 0.3) is 0 Å². The van der Waals surface area contributed by atoms with Gasteiger partial charge in [0.2, 0.25) is 5.89 Å². The van der Waals surface area contributed by atoms with Crippen LogP contribution in [-0.4, -0.2) is 11.5 Å². The van der Waals surface area contributed by atoms with Gasteiger partial charge in [-0.2, -0.15) is 0 Å². The zero-order chi connectivity index (χ0) is 12.3. The van der Waals surface area contributed by atoms with Crippen molar-refractivity contribution in [1.82, 2.24) is 4.98 Å². The zero-order valence-corrected chi connectivity index (χ0v) is 10.3. The molecule has 3 heteroatoms. The fourth-order valence-electron chi connectivity index (χ4n) is 1.78. The maximum absolute atomic E-state index is 5.61. The number of oxazole rings is 1. The molecule has 0 atom stereocenters. The summed E-state index contributed by atoms with van der Waals surface area (Å²) in [6.07, 6.45) is 2.58. The van der Waals surface area contributed by atoms with Crippen molar-refractivity contribution in [2.45, 2.75) is 26.2 Å². The van der Waals surface area contributed by atoms with E-state index in [4.69, 9.17) is 10.2 Å². The van der Waals surface area contributed by atoms with Gasteiger partial charge < -0.3 is 10.2 Å². The van der Waals surface area contributed by atoms with Crippen LogP contribution in [0.25, 0.3) is 11.5 Å². The SMILES string of the molecule is CC(C)c1coc(-c2ccccc2CCN)n1. The van der Waals surface area contributed by atoms with E-state index in [1.54, 1.807) is 6.26 Å². The average Bonchev–Trinajstić information content (AvgIpc) is 2.79. The highest BCUT2D eigenvalue weighted by atomic mass is 16.3. The van der Waals surface area contributed by atoms with Crippen molar-refractivity contribution in [3.05, 3.63) is 41.8 Å². The second-order valence-electron chi connectivity index (χ2n) is 4.43. The Kier molecular flexibility index (Phi) is 3.59. The molecule has 0 aliphatic carbocycles. The van der Waals surface area contributed by atoms with Gasteiger partial charge in [-0.15, -0.1) is 0 Å². The Bertz CT molecular complexity index is 488. The van der Waals surface area contributed by atoms with Crippen molar-refractivity contribution in [3.63, 3.8) is 0 Å². The smallest absolute Gasteiger partial charge is 0.226 e. The lowest BCUT2D eigenvalue weighted by Gasteiger charge is -2.04. The van der Waals surface area contributed by atoms with Crippen LogP contribution in [0.2, 0.25) is 0 Å². The van der Waals surface area contributed by atoms with Gasteiger partial charge in [0.15, 0.2) is 0 Å². The van der Waals surface area contributed by atoms with E-state index in [0.29, 0.717) is 18.4 Å². The highest BCUT2D eigenvalue weighted by Crippen LogP contribution is 2.25. The summed E-state index contributed by atoms with van der Waals surface area (Å²) in [5.74, 6) is 1.08. The fraction of sp³-hybridized carbons (Fsp3) is 0.357. The molecule has 0 unspecified atom stereocenters. The highest BCUT2D eigenvalue weighted by Gasteiger charge is 2.11. The first kappa shape index (κ1) is 11.9. The molecule has 17 heavy (non-hydrogen) atoms. The van der Waals surface area contributed by atoms with Crippen molar-refractivity contribution in [2.75, 3.05) is 6.54 Å². The third-order valence-corrected chi connectivity index (χ3v) is 2.77. The van der Waals surface area contributed by atoms with Crippen molar-refractivity contribution in [1.29, 1.82) is 0 Å². The first-order chi connectivity index (χ1) is 8.22. The van der Waals surface area contributed by atoms with E-state index in [1.165, 1.54) is 5.56 Å². The predicted octanol–water partition coefficient (Wildman–Crippen LogP) is 2.97. The molecule has 1 aromatic carbocycles. The first-order valence-corrected chi connectivity index (χ1v) is 5.96. The maximum atomic E-state index is 5.61. The Morgan fingerprint density at radius 3 is 2.71 bits per heavy atom. The van der Waals surface area contributed by atoms with Crippen LogP contribution in [0, 0.1) is 0 Å². The van der Waals surface area contributed by atoms with Gasteiger partial charge in [-0.1, -0.05) is 32.0 Å². The van der Waals surface area contributed by atoms with Crippen LogP contribution in [0.4, 0.5) is 0 Å². The van der Waals surface area contributed by atoms with Crippen LogP contribution in [-0.2, 0) is 6.42 Å². The summed E-state index contributed by atoms with van der Waals surface area (Å²) in [6, 6.07) is 8.11. The molecule has 2 rings (SSSR count). The number of nitrogens with two attached hydrogens (primary N) is 1. The number of nitrogens with zero attached hydrogens (tertiary/aromatic N) is 1. The first-order valence-electron chi connectivity index (χ1n) is 5.96. The van der Waals surface area contributed by atoms with Crippen molar-refractivity contribution < 1.29 is 4.42 Å². The standard InChI is InChI=1S/C14H18N2O/c1-10(2)13-9-17-14(16-13)12-6-4-3-5-11(12)7-8-15/h3-6,9-10H,7-8,15H2,1-2H3. The van der Waals surface area contributed by atoms with E-state index in [2.05, 4.69) is 24.9 Å². The number of hydrogen-bond donors (Lipinski definition) is 1. The summed E-state index contributed by atoms with van der Waals surface area (Å²) in [6.45, 7) is 4.84. The van der Waals surface area contributed by atoms with Crippen LogP contribution in [0.15, 0.2) is 34.9 Å². The Labute approximate surface area is 102 Å². The second-order valence-corrected chi connectivity index (χ2v) is 4.43. The maximum Gasteiger partial charge on any atom is 0.226 e. The summed E-state index contributed by atoms with van der Waals surface area (Å²) >= 11 is 0. The number of benzene rings is 1. The molecule has 0 saturated carbocycles. The highest BCUT2D eigenvalue weighted by molar-refractivity contribution is 5.58. The topological polar surface area (TPSA) is 52.0 Å². The van der Waals surface area contributed by atoms with Gasteiger partial charge in [0.1, 0.15) is 6.26 Å². The zero-order valence-electron chi connectivity index (χ0n) is 10.3. The molecule has 2 N–H and O–H groups in total. The van der Waals surface area contributed by atoms with E-state index >= 15 is 0 Å². The molecule has 0 radical (unpaired) electrons.